The van der Waals surface area contributed by atoms with E-state index in [1.165, 1.54) is 16.4 Å². The Balaban J connectivity index is 1.93. The first-order valence-corrected chi connectivity index (χ1v) is 10.8. The molecule has 0 spiro atoms. The molecule has 0 saturated carbocycles. The zero-order valence-electron chi connectivity index (χ0n) is 16.5. The van der Waals surface area contributed by atoms with Gasteiger partial charge in [0.1, 0.15) is 0 Å². The lowest BCUT2D eigenvalue weighted by Crippen LogP contribution is -2.40. The summed E-state index contributed by atoms with van der Waals surface area (Å²) < 4.78 is 32.5. The third kappa shape index (κ3) is 4.27. The number of anilines is 1. The van der Waals surface area contributed by atoms with Gasteiger partial charge in [-0.1, -0.05) is 23.8 Å². The van der Waals surface area contributed by atoms with Gasteiger partial charge in [0.05, 0.1) is 18.1 Å². The molecule has 3 rings (SSSR count). The van der Waals surface area contributed by atoms with Gasteiger partial charge in [-0.15, -0.1) is 0 Å². The molecule has 0 unspecified atom stereocenters. The van der Waals surface area contributed by atoms with Gasteiger partial charge < -0.3 is 9.64 Å². The Kier molecular flexibility index (Phi) is 6.17. The first-order chi connectivity index (χ1) is 13.3. The van der Waals surface area contributed by atoms with Gasteiger partial charge in [-0.2, -0.15) is 4.31 Å². The monoisotopic (exact) mass is 402 g/mol. The topological polar surface area (TPSA) is 66.9 Å². The number of morpholine rings is 1. The van der Waals surface area contributed by atoms with Crippen LogP contribution in [0.15, 0.2) is 53.4 Å². The average molecular weight is 403 g/mol. The maximum Gasteiger partial charge on any atom is 0.258 e. The number of aryl methyl sites for hydroxylation is 1. The quantitative estimate of drug-likeness (QED) is 0.771. The van der Waals surface area contributed by atoms with Crippen molar-refractivity contribution in [3.63, 3.8) is 0 Å². The Labute approximate surface area is 166 Å². The number of sulfonamides is 1. The molecule has 1 fully saturated rings. The number of rotatable bonds is 5. The number of hydrogen-bond acceptors (Lipinski definition) is 4. The molecule has 1 aliphatic rings. The van der Waals surface area contributed by atoms with Crippen molar-refractivity contribution >= 4 is 21.6 Å². The van der Waals surface area contributed by atoms with Crippen molar-refractivity contribution in [1.29, 1.82) is 0 Å². The van der Waals surface area contributed by atoms with E-state index in [-0.39, 0.29) is 16.8 Å². The number of amides is 1. The van der Waals surface area contributed by atoms with Gasteiger partial charge in [0.25, 0.3) is 5.91 Å². The van der Waals surface area contributed by atoms with Gasteiger partial charge in [-0.05, 0) is 51.1 Å². The van der Waals surface area contributed by atoms with Crippen LogP contribution >= 0.6 is 0 Å². The third-order valence-corrected chi connectivity index (χ3v) is 6.63. The molecule has 0 bridgehead atoms. The number of nitrogens with zero attached hydrogens (tertiary/aromatic N) is 2. The zero-order valence-corrected chi connectivity index (χ0v) is 17.3. The van der Waals surface area contributed by atoms with Crippen LogP contribution in [0.3, 0.4) is 0 Å². The number of ether oxygens (including phenoxy) is 1. The van der Waals surface area contributed by atoms with Crippen LogP contribution in [-0.4, -0.2) is 51.0 Å². The lowest BCUT2D eigenvalue weighted by Gasteiger charge is -2.28. The molecular formula is C21H26N2O4S. The molecule has 1 aliphatic heterocycles. The number of benzene rings is 2. The maximum atomic E-state index is 13.2. The van der Waals surface area contributed by atoms with Crippen LogP contribution in [0.4, 0.5) is 5.69 Å². The van der Waals surface area contributed by atoms with E-state index in [4.69, 9.17) is 4.74 Å². The number of hydrogen-bond donors (Lipinski definition) is 0. The van der Waals surface area contributed by atoms with Crippen molar-refractivity contribution in [3.05, 3.63) is 59.7 Å². The third-order valence-electron chi connectivity index (χ3n) is 4.74. The summed E-state index contributed by atoms with van der Waals surface area (Å²) in [5, 5.41) is 0. The van der Waals surface area contributed by atoms with Gasteiger partial charge in [0.2, 0.25) is 10.0 Å². The minimum absolute atomic E-state index is 0.0743. The van der Waals surface area contributed by atoms with E-state index < -0.39 is 10.0 Å². The van der Waals surface area contributed by atoms with Crippen molar-refractivity contribution < 1.29 is 17.9 Å². The second kappa shape index (κ2) is 8.43. The maximum absolute atomic E-state index is 13.2. The second-order valence-corrected chi connectivity index (χ2v) is 9.09. The van der Waals surface area contributed by atoms with Gasteiger partial charge in [0, 0.05) is 30.4 Å². The minimum Gasteiger partial charge on any atom is -0.379 e. The summed E-state index contributed by atoms with van der Waals surface area (Å²) in [6.45, 7) is 7.27. The molecule has 28 heavy (non-hydrogen) atoms. The molecule has 0 atom stereocenters. The summed E-state index contributed by atoms with van der Waals surface area (Å²) in [4.78, 5) is 15.0. The first-order valence-electron chi connectivity index (χ1n) is 9.39. The van der Waals surface area contributed by atoms with E-state index in [1.807, 2.05) is 45.0 Å². The first kappa shape index (κ1) is 20.5. The van der Waals surface area contributed by atoms with E-state index in [2.05, 4.69) is 0 Å². The fourth-order valence-corrected chi connectivity index (χ4v) is 4.67. The highest BCUT2D eigenvalue weighted by atomic mass is 32.2. The van der Waals surface area contributed by atoms with Gasteiger partial charge in [-0.3, -0.25) is 4.79 Å². The van der Waals surface area contributed by atoms with Crippen LogP contribution in [0.2, 0.25) is 0 Å². The molecule has 150 valence electrons. The fourth-order valence-electron chi connectivity index (χ4n) is 3.22. The highest BCUT2D eigenvalue weighted by Gasteiger charge is 2.28. The largest absolute Gasteiger partial charge is 0.379 e. The van der Waals surface area contributed by atoms with Crippen LogP contribution in [0.25, 0.3) is 0 Å². The Morgan fingerprint density at radius 1 is 1.07 bits per heavy atom. The van der Waals surface area contributed by atoms with E-state index >= 15 is 0 Å². The normalized spacial score (nSPS) is 15.6. The van der Waals surface area contributed by atoms with Crippen LogP contribution in [0.5, 0.6) is 0 Å². The van der Waals surface area contributed by atoms with Gasteiger partial charge in [-0.25, -0.2) is 8.42 Å². The summed E-state index contributed by atoms with van der Waals surface area (Å²) in [7, 11) is -3.65. The van der Waals surface area contributed by atoms with Crippen molar-refractivity contribution in [1.82, 2.24) is 4.31 Å². The zero-order chi connectivity index (χ0) is 20.3. The van der Waals surface area contributed by atoms with Gasteiger partial charge >= 0.3 is 0 Å². The molecule has 0 radical (unpaired) electrons. The fraction of sp³-hybridized carbons (Fsp3) is 0.381. The van der Waals surface area contributed by atoms with Gasteiger partial charge in [0.15, 0.2) is 0 Å². The van der Waals surface area contributed by atoms with Crippen LogP contribution < -0.4 is 4.90 Å². The lowest BCUT2D eigenvalue weighted by atomic mass is 10.1. The van der Waals surface area contributed by atoms with E-state index in [0.29, 0.717) is 31.9 Å². The van der Waals surface area contributed by atoms with Crippen molar-refractivity contribution in [2.75, 3.05) is 31.2 Å². The summed E-state index contributed by atoms with van der Waals surface area (Å²) >= 11 is 0. The lowest BCUT2D eigenvalue weighted by molar-refractivity contribution is 0.0730. The average Bonchev–Trinajstić information content (AvgIpc) is 2.70. The Morgan fingerprint density at radius 3 is 2.32 bits per heavy atom. The Hall–Kier alpha value is -2.22. The Bertz CT molecular complexity index is 933. The van der Waals surface area contributed by atoms with Crippen LogP contribution in [-0.2, 0) is 14.8 Å². The van der Waals surface area contributed by atoms with Crippen LogP contribution in [0, 0.1) is 6.92 Å². The molecule has 6 nitrogen and oxygen atoms in total. The predicted molar refractivity (Wildman–Crippen MR) is 109 cm³/mol. The Morgan fingerprint density at radius 2 is 1.71 bits per heavy atom. The smallest absolute Gasteiger partial charge is 0.258 e. The highest BCUT2D eigenvalue weighted by Crippen LogP contribution is 2.23. The summed E-state index contributed by atoms with van der Waals surface area (Å²) in [6.07, 6.45) is 0. The van der Waals surface area contributed by atoms with Crippen molar-refractivity contribution in [2.45, 2.75) is 31.7 Å². The van der Waals surface area contributed by atoms with E-state index in [9.17, 15) is 13.2 Å². The highest BCUT2D eigenvalue weighted by molar-refractivity contribution is 7.89. The van der Waals surface area contributed by atoms with Crippen LogP contribution in [0.1, 0.15) is 29.8 Å². The molecule has 7 heteroatoms. The molecule has 1 saturated heterocycles. The molecule has 0 aliphatic carbocycles. The summed E-state index contributed by atoms with van der Waals surface area (Å²) in [5.41, 5.74) is 2.24. The molecule has 1 heterocycles. The standard InChI is InChI=1S/C21H26N2O4S/c1-16(2)23(19-9-7-17(3)8-10-19)21(24)18-5-4-6-20(15-18)28(25,26)22-11-13-27-14-12-22/h4-10,15-16H,11-14H2,1-3H3. The van der Waals surface area contributed by atoms with E-state index in [1.54, 1.807) is 17.0 Å². The molecule has 2 aromatic carbocycles. The van der Waals surface area contributed by atoms with Crippen molar-refractivity contribution in [3.8, 4) is 0 Å². The van der Waals surface area contributed by atoms with Crippen molar-refractivity contribution in [2.24, 2.45) is 0 Å². The molecular weight excluding hydrogens is 376 g/mol. The number of carbonyl (C=O) groups is 1. The minimum atomic E-state index is -3.65. The van der Waals surface area contributed by atoms with E-state index in [0.717, 1.165) is 11.3 Å². The predicted octanol–water partition coefficient (Wildman–Crippen LogP) is 3.07. The SMILES string of the molecule is Cc1ccc(N(C(=O)c2cccc(S(=O)(=O)N3CCOCC3)c2)C(C)C)cc1. The number of carbonyl (C=O) groups excluding carboxylic acids is 1. The molecule has 1 amide bonds. The molecule has 2 aromatic rings. The summed E-state index contributed by atoms with van der Waals surface area (Å²) in [6, 6.07) is 13.9. The molecule has 0 aromatic heterocycles. The summed E-state index contributed by atoms with van der Waals surface area (Å²) in [5.74, 6) is -0.224. The molecule has 0 N–H and O–H groups in total. The second-order valence-electron chi connectivity index (χ2n) is 7.15.